The van der Waals surface area contributed by atoms with Crippen molar-refractivity contribution in [1.29, 1.82) is 0 Å². The second-order valence-electron chi connectivity index (χ2n) is 4.69. The van der Waals surface area contributed by atoms with Gasteiger partial charge in [0.15, 0.2) is 0 Å². The number of nitrogens with one attached hydrogen (secondary N) is 1. The molecule has 3 heteroatoms. The highest BCUT2D eigenvalue weighted by Gasteiger charge is 2.12. The predicted molar refractivity (Wildman–Crippen MR) is 65.5 cm³/mol. The summed E-state index contributed by atoms with van der Waals surface area (Å²) in [5, 5.41) is 11.9. The molecule has 0 bridgehead atoms. The van der Waals surface area contributed by atoms with E-state index in [1.807, 2.05) is 0 Å². The summed E-state index contributed by atoms with van der Waals surface area (Å²) in [6.45, 7) is 3.31. The van der Waals surface area contributed by atoms with E-state index in [4.69, 9.17) is 5.11 Å². The first-order valence-electron chi connectivity index (χ1n) is 6.31. The van der Waals surface area contributed by atoms with Gasteiger partial charge >= 0.3 is 5.97 Å². The maximum absolute atomic E-state index is 10.5. The fraction of sp³-hybridized carbons (Fsp3) is 0.769. The van der Waals surface area contributed by atoms with Crippen molar-refractivity contribution in [1.82, 2.24) is 5.32 Å². The minimum atomic E-state index is -0.825. The summed E-state index contributed by atoms with van der Waals surface area (Å²) >= 11 is 0. The van der Waals surface area contributed by atoms with Crippen molar-refractivity contribution in [3.8, 4) is 0 Å². The number of aliphatic carboxylic acids is 1. The Morgan fingerprint density at radius 3 is 2.69 bits per heavy atom. The van der Waals surface area contributed by atoms with Crippen molar-refractivity contribution in [3.63, 3.8) is 0 Å². The minimum absolute atomic E-state index is 0.421. The molecule has 0 spiro atoms. The quantitative estimate of drug-likeness (QED) is 0.539. The van der Waals surface area contributed by atoms with Crippen molar-refractivity contribution in [2.75, 3.05) is 13.1 Å². The summed E-state index contributed by atoms with van der Waals surface area (Å²) in [7, 11) is 0. The van der Waals surface area contributed by atoms with Crippen LogP contribution in [-0.4, -0.2) is 24.2 Å². The van der Waals surface area contributed by atoms with Gasteiger partial charge in [0.1, 0.15) is 0 Å². The molecule has 16 heavy (non-hydrogen) atoms. The monoisotopic (exact) mass is 225 g/mol. The molecule has 1 aliphatic rings. The standard InChI is InChI=1S/C13H23NO2/c1-11(13(15)16)7-9-14-10-8-12-5-3-2-4-6-12/h7,12,14H,2-6,8-10H2,1H3,(H,15,16). The first-order valence-corrected chi connectivity index (χ1v) is 6.31. The molecule has 0 aromatic rings. The normalized spacial score (nSPS) is 18.7. The maximum atomic E-state index is 10.5. The molecule has 2 N–H and O–H groups in total. The van der Waals surface area contributed by atoms with Crippen LogP contribution in [0.1, 0.15) is 45.4 Å². The third-order valence-electron chi connectivity index (χ3n) is 3.34. The molecule has 3 nitrogen and oxygen atoms in total. The molecule has 0 heterocycles. The Morgan fingerprint density at radius 2 is 2.06 bits per heavy atom. The van der Waals surface area contributed by atoms with E-state index in [2.05, 4.69) is 5.32 Å². The summed E-state index contributed by atoms with van der Waals surface area (Å²) in [5.41, 5.74) is 0.421. The summed E-state index contributed by atoms with van der Waals surface area (Å²) in [6, 6.07) is 0. The topological polar surface area (TPSA) is 49.3 Å². The van der Waals surface area contributed by atoms with Crippen LogP contribution in [0, 0.1) is 5.92 Å². The zero-order valence-corrected chi connectivity index (χ0v) is 10.2. The molecule has 0 unspecified atom stereocenters. The van der Waals surface area contributed by atoms with Gasteiger partial charge < -0.3 is 10.4 Å². The molecule has 1 saturated carbocycles. The summed E-state index contributed by atoms with van der Waals surface area (Å²) in [6.07, 6.45) is 9.93. The third kappa shape index (κ3) is 5.31. The lowest BCUT2D eigenvalue weighted by atomic mass is 9.87. The van der Waals surface area contributed by atoms with E-state index in [9.17, 15) is 4.79 Å². The van der Waals surface area contributed by atoms with Crippen LogP contribution < -0.4 is 5.32 Å². The Hall–Kier alpha value is -0.830. The molecule has 0 aliphatic heterocycles. The van der Waals surface area contributed by atoms with Crippen LogP contribution in [0.2, 0.25) is 0 Å². The fourth-order valence-electron chi connectivity index (χ4n) is 2.20. The lowest BCUT2D eigenvalue weighted by Gasteiger charge is -2.21. The molecule has 0 radical (unpaired) electrons. The lowest BCUT2D eigenvalue weighted by molar-refractivity contribution is -0.132. The molecule has 92 valence electrons. The van der Waals surface area contributed by atoms with Crippen LogP contribution in [0.25, 0.3) is 0 Å². The molecule has 1 aliphatic carbocycles. The second-order valence-corrected chi connectivity index (χ2v) is 4.69. The average Bonchev–Trinajstić information content (AvgIpc) is 2.29. The van der Waals surface area contributed by atoms with E-state index in [0.29, 0.717) is 12.1 Å². The zero-order valence-electron chi connectivity index (χ0n) is 10.2. The van der Waals surface area contributed by atoms with Crippen molar-refractivity contribution >= 4 is 5.97 Å². The average molecular weight is 225 g/mol. The summed E-state index contributed by atoms with van der Waals surface area (Å²) in [4.78, 5) is 10.5. The Kier molecular flexibility index (Phi) is 6.16. The summed E-state index contributed by atoms with van der Waals surface area (Å²) in [5.74, 6) is 0.0693. The van der Waals surface area contributed by atoms with Crippen LogP contribution >= 0.6 is 0 Å². The van der Waals surface area contributed by atoms with Gasteiger partial charge in [-0.3, -0.25) is 0 Å². The van der Waals surface area contributed by atoms with E-state index in [-0.39, 0.29) is 0 Å². The van der Waals surface area contributed by atoms with Crippen LogP contribution in [0.4, 0.5) is 0 Å². The van der Waals surface area contributed by atoms with Gasteiger partial charge in [-0.15, -0.1) is 0 Å². The van der Waals surface area contributed by atoms with Gasteiger partial charge in [0.05, 0.1) is 0 Å². The smallest absolute Gasteiger partial charge is 0.330 e. The van der Waals surface area contributed by atoms with Gasteiger partial charge in [0, 0.05) is 12.1 Å². The molecule has 1 rings (SSSR count). The van der Waals surface area contributed by atoms with Gasteiger partial charge in [-0.05, 0) is 25.8 Å². The van der Waals surface area contributed by atoms with Gasteiger partial charge in [-0.2, -0.15) is 0 Å². The molecule has 0 atom stereocenters. The van der Waals surface area contributed by atoms with E-state index in [1.165, 1.54) is 38.5 Å². The van der Waals surface area contributed by atoms with Crippen molar-refractivity contribution < 1.29 is 9.90 Å². The Labute approximate surface area is 97.9 Å². The van der Waals surface area contributed by atoms with Crippen LogP contribution in [0.3, 0.4) is 0 Å². The van der Waals surface area contributed by atoms with E-state index in [0.717, 1.165) is 12.5 Å². The van der Waals surface area contributed by atoms with Crippen molar-refractivity contribution in [3.05, 3.63) is 11.6 Å². The van der Waals surface area contributed by atoms with E-state index in [1.54, 1.807) is 13.0 Å². The fourth-order valence-corrected chi connectivity index (χ4v) is 2.20. The third-order valence-corrected chi connectivity index (χ3v) is 3.34. The first-order chi connectivity index (χ1) is 7.70. The lowest BCUT2D eigenvalue weighted by Crippen LogP contribution is -2.20. The number of carboxylic acids is 1. The highest BCUT2D eigenvalue weighted by molar-refractivity contribution is 5.85. The number of hydrogen-bond donors (Lipinski definition) is 2. The van der Waals surface area contributed by atoms with Crippen LogP contribution in [-0.2, 0) is 4.79 Å². The molecular formula is C13H23NO2. The highest BCUT2D eigenvalue weighted by Crippen LogP contribution is 2.25. The molecule has 0 aromatic carbocycles. The molecular weight excluding hydrogens is 202 g/mol. The highest BCUT2D eigenvalue weighted by atomic mass is 16.4. The number of carbonyl (C=O) groups is 1. The zero-order chi connectivity index (χ0) is 11.8. The van der Waals surface area contributed by atoms with Gasteiger partial charge in [-0.1, -0.05) is 38.2 Å². The maximum Gasteiger partial charge on any atom is 0.330 e. The van der Waals surface area contributed by atoms with Gasteiger partial charge in [-0.25, -0.2) is 4.79 Å². The first kappa shape index (κ1) is 13.2. The second kappa shape index (κ2) is 7.44. The Bertz CT molecular complexity index is 242. The number of carboxylic acid groups (broad SMARTS) is 1. The van der Waals surface area contributed by atoms with E-state index < -0.39 is 5.97 Å². The molecule has 0 saturated heterocycles. The van der Waals surface area contributed by atoms with Crippen molar-refractivity contribution in [2.24, 2.45) is 5.92 Å². The predicted octanol–water partition coefficient (Wildman–Crippen LogP) is 2.58. The Morgan fingerprint density at radius 1 is 1.38 bits per heavy atom. The van der Waals surface area contributed by atoms with Crippen LogP contribution in [0.5, 0.6) is 0 Å². The van der Waals surface area contributed by atoms with E-state index >= 15 is 0 Å². The molecule has 0 aromatic heterocycles. The van der Waals surface area contributed by atoms with Gasteiger partial charge in [0.2, 0.25) is 0 Å². The van der Waals surface area contributed by atoms with Crippen molar-refractivity contribution in [2.45, 2.75) is 45.4 Å². The van der Waals surface area contributed by atoms with Crippen LogP contribution in [0.15, 0.2) is 11.6 Å². The summed E-state index contributed by atoms with van der Waals surface area (Å²) < 4.78 is 0. The Balaban J connectivity index is 2.03. The number of hydrogen-bond acceptors (Lipinski definition) is 2. The molecule has 1 fully saturated rings. The van der Waals surface area contributed by atoms with Gasteiger partial charge in [0.25, 0.3) is 0 Å². The largest absolute Gasteiger partial charge is 0.478 e. The SMILES string of the molecule is CC(=CCNCCC1CCCCC1)C(=O)O. The number of rotatable bonds is 6. The molecule has 0 amide bonds. The minimum Gasteiger partial charge on any atom is -0.478 e.